The molecule has 2 aliphatic rings. The number of ether oxygens (including phenoxy) is 2. The number of rotatable bonds is 3. The number of hydrogen-bond donors (Lipinski definition) is 1. The molecular weight excluding hydrogens is 496 g/mol. The quantitative estimate of drug-likeness (QED) is 0.487. The molecular formula is C22H25F6N5O3. The molecule has 3 atom stereocenters. The third-order valence-electron chi connectivity index (χ3n) is 5.87. The van der Waals surface area contributed by atoms with Crippen molar-refractivity contribution >= 4 is 6.09 Å². The monoisotopic (exact) mass is 521 g/mol. The van der Waals surface area contributed by atoms with Crippen molar-refractivity contribution in [3.63, 3.8) is 0 Å². The maximum Gasteiger partial charge on any atom is 0.453 e. The second-order valence-electron chi connectivity index (χ2n) is 9.73. The molecule has 1 aromatic carbocycles. The van der Waals surface area contributed by atoms with E-state index in [4.69, 9.17) is 9.47 Å². The van der Waals surface area contributed by atoms with Gasteiger partial charge in [0.05, 0.1) is 25.7 Å². The first-order chi connectivity index (χ1) is 16.7. The number of alkyl carbamates (subject to hydrolysis) is 1. The molecule has 4 rings (SSSR count). The minimum atomic E-state index is -4.67. The lowest BCUT2D eigenvalue weighted by molar-refractivity contribution is -0.145. The van der Waals surface area contributed by atoms with Crippen molar-refractivity contribution < 1.29 is 40.6 Å². The second kappa shape index (κ2) is 9.54. The third kappa shape index (κ3) is 5.75. The molecule has 1 aromatic heterocycles. The SMILES string of the molecule is CC(C)(C)OC(=O)N[C@H]1C[C@@H](N2CCn3nc(C(F)(F)F)nc3C2)CO[C@@H]1c1cc(F)c(F)cc1F. The van der Waals surface area contributed by atoms with Crippen LogP contribution in [-0.4, -0.2) is 56.6 Å². The highest BCUT2D eigenvalue weighted by Gasteiger charge is 2.41. The van der Waals surface area contributed by atoms with Crippen LogP contribution in [0.15, 0.2) is 12.1 Å². The Balaban J connectivity index is 1.55. The van der Waals surface area contributed by atoms with Crippen LogP contribution in [0.5, 0.6) is 0 Å². The van der Waals surface area contributed by atoms with Crippen molar-refractivity contribution in [2.45, 2.75) is 70.2 Å². The van der Waals surface area contributed by atoms with Gasteiger partial charge in [-0.25, -0.2) is 27.6 Å². The van der Waals surface area contributed by atoms with Gasteiger partial charge in [-0.05, 0) is 33.3 Å². The number of carbonyl (C=O) groups is 1. The van der Waals surface area contributed by atoms with Crippen LogP contribution >= 0.6 is 0 Å². The summed E-state index contributed by atoms with van der Waals surface area (Å²) in [4.78, 5) is 17.9. The van der Waals surface area contributed by atoms with Crippen molar-refractivity contribution in [2.24, 2.45) is 0 Å². The van der Waals surface area contributed by atoms with Crippen molar-refractivity contribution in [3.05, 3.63) is 46.8 Å². The van der Waals surface area contributed by atoms with Crippen LogP contribution in [0.25, 0.3) is 0 Å². The van der Waals surface area contributed by atoms with E-state index in [0.717, 1.165) is 0 Å². The highest BCUT2D eigenvalue weighted by Crippen LogP contribution is 2.34. The van der Waals surface area contributed by atoms with E-state index in [1.807, 2.05) is 4.90 Å². The third-order valence-corrected chi connectivity index (χ3v) is 5.87. The molecule has 1 fully saturated rings. The lowest BCUT2D eigenvalue weighted by atomic mass is 9.92. The van der Waals surface area contributed by atoms with Crippen LogP contribution in [-0.2, 0) is 28.7 Å². The summed E-state index contributed by atoms with van der Waals surface area (Å²) in [6.07, 6.45) is -6.48. The van der Waals surface area contributed by atoms with E-state index in [1.165, 1.54) is 4.68 Å². The highest BCUT2D eigenvalue weighted by atomic mass is 19.4. The molecule has 0 aliphatic carbocycles. The molecule has 2 aromatic rings. The lowest BCUT2D eigenvalue weighted by Crippen LogP contribution is -2.54. The second-order valence-corrected chi connectivity index (χ2v) is 9.73. The maximum absolute atomic E-state index is 14.6. The average Bonchev–Trinajstić information content (AvgIpc) is 3.19. The number of hydrogen-bond acceptors (Lipinski definition) is 6. The predicted molar refractivity (Wildman–Crippen MR) is 112 cm³/mol. The topological polar surface area (TPSA) is 81.5 Å². The van der Waals surface area contributed by atoms with Crippen LogP contribution in [0, 0.1) is 17.5 Å². The van der Waals surface area contributed by atoms with E-state index in [2.05, 4.69) is 15.4 Å². The summed E-state index contributed by atoms with van der Waals surface area (Å²) in [5.41, 5.74) is -1.11. The van der Waals surface area contributed by atoms with E-state index in [1.54, 1.807) is 20.8 Å². The van der Waals surface area contributed by atoms with Crippen molar-refractivity contribution in [3.8, 4) is 0 Å². The molecule has 0 unspecified atom stereocenters. The molecule has 1 N–H and O–H groups in total. The zero-order chi connectivity index (χ0) is 26.4. The van der Waals surface area contributed by atoms with E-state index in [-0.39, 0.29) is 37.5 Å². The summed E-state index contributed by atoms with van der Waals surface area (Å²) in [5, 5.41) is 6.13. The fraction of sp³-hybridized carbons (Fsp3) is 0.591. The standard InChI is InChI=1S/C22H25F6N5O3/c1-21(2,3)36-20(34)29-16-6-11(10-35-18(16)12-7-14(24)15(25)8-13(12)23)32-4-5-33-17(9-32)30-19(31-33)22(26,27)28/h7-8,11,16,18H,4-6,9-10H2,1-3H3,(H,29,34)/t11-,16+,18-/m1/s1. The van der Waals surface area contributed by atoms with Gasteiger partial charge in [-0.1, -0.05) is 0 Å². The van der Waals surface area contributed by atoms with Crippen molar-refractivity contribution in [1.29, 1.82) is 0 Å². The molecule has 198 valence electrons. The number of nitrogens with zero attached hydrogens (tertiary/aromatic N) is 4. The van der Waals surface area contributed by atoms with Gasteiger partial charge < -0.3 is 14.8 Å². The van der Waals surface area contributed by atoms with Gasteiger partial charge in [-0.3, -0.25) is 4.90 Å². The first kappa shape index (κ1) is 26.2. The van der Waals surface area contributed by atoms with Gasteiger partial charge in [0.15, 0.2) is 11.6 Å². The van der Waals surface area contributed by atoms with Gasteiger partial charge in [0.2, 0.25) is 0 Å². The molecule has 36 heavy (non-hydrogen) atoms. The summed E-state index contributed by atoms with van der Waals surface area (Å²) in [6, 6.07) is -0.236. The smallest absolute Gasteiger partial charge is 0.444 e. The Labute approximate surface area is 202 Å². The van der Waals surface area contributed by atoms with E-state index >= 15 is 0 Å². The van der Waals surface area contributed by atoms with Crippen LogP contribution < -0.4 is 5.32 Å². The molecule has 14 heteroatoms. The molecule has 0 spiro atoms. The largest absolute Gasteiger partial charge is 0.453 e. The fourth-order valence-electron chi connectivity index (χ4n) is 4.31. The number of alkyl halides is 3. The molecule has 3 heterocycles. The van der Waals surface area contributed by atoms with E-state index in [9.17, 15) is 31.1 Å². The molecule has 0 saturated carbocycles. The number of nitrogens with one attached hydrogen (secondary N) is 1. The Morgan fingerprint density at radius 3 is 2.47 bits per heavy atom. The zero-order valence-corrected chi connectivity index (χ0v) is 19.7. The first-order valence-electron chi connectivity index (χ1n) is 11.2. The Kier molecular flexibility index (Phi) is 6.94. The maximum atomic E-state index is 14.6. The Hall–Kier alpha value is -2.87. The molecule has 1 saturated heterocycles. The van der Waals surface area contributed by atoms with E-state index < -0.39 is 59.3 Å². The number of amides is 1. The van der Waals surface area contributed by atoms with Gasteiger partial charge in [0.25, 0.3) is 5.82 Å². The number of benzene rings is 1. The molecule has 0 bridgehead atoms. The van der Waals surface area contributed by atoms with Crippen LogP contribution in [0.2, 0.25) is 0 Å². The minimum absolute atomic E-state index is 0.00410. The van der Waals surface area contributed by atoms with Gasteiger partial charge in [-0.2, -0.15) is 13.2 Å². The summed E-state index contributed by atoms with van der Waals surface area (Å²) in [7, 11) is 0. The van der Waals surface area contributed by atoms with Gasteiger partial charge in [0, 0.05) is 24.2 Å². The normalized spacial score (nSPS) is 23.3. The van der Waals surface area contributed by atoms with Crippen LogP contribution in [0.1, 0.15) is 50.5 Å². The Morgan fingerprint density at radius 1 is 1.11 bits per heavy atom. The number of halogens is 6. The predicted octanol–water partition coefficient (Wildman–Crippen LogP) is 3.95. The minimum Gasteiger partial charge on any atom is -0.444 e. The van der Waals surface area contributed by atoms with Crippen LogP contribution in [0.4, 0.5) is 31.1 Å². The highest BCUT2D eigenvalue weighted by molar-refractivity contribution is 5.68. The summed E-state index contributed by atoms with van der Waals surface area (Å²) in [6.45, 7) is 5.47. The van der Waals surface area contributed by atoms with Gasteiger partial charge >= 0.3 is 12.3 Å². The van der Waals surface area contributed by atoms with E-state index in [0.29, 0.717) is 18.7 Å². The molecule has 1 amide bonds. The molecule has 2 aliphatic heterocycles. The summed E-state index contributed by atoms with van der Waals surface area (Å²) >= 11 is 0. The fourth-order valence-corrected chi connectivity index (χ4v) is 4.31. The average molecular weight is 521 g/mol. The first-order valence-corrected chi connectivity index (χ1v) is 11.2. The number of carbonyl (C=O) groups excluding carboxylic acids is 1. The van der Waals surface area contributed by atoms with Gasteiger partial charge in [0.1, 0.15) is 23.3 Å². The van der Waals surface area contributed by atoms with Crippen molar-refractivity contribution in [2.75, 3.05) is 13.2 Å². The van der Waals surface area contributed by atoms with Crippen molar-refractivity contribution in [1.82, 2.24) is 25.0 Å². The lowest BCUT2D eigenvalue weighted by Gasteiger charge is -2.42. The van der Waals surface area contributed by atoms with Gasteiger partial charge in [-0.15, -0.1) is 5.10 Å². The molecule has 8 nitrogen and oxygen atoms in total. The summed E-state index contributed by atoms with van der Waals surface area (Å²) in [5.74, 6) is -4.78. The van der Waals surface area contributed by atoms with Crippen LogP contribution in [0.3, 0.4) is 0 Å². The molecule has 0 radical (unpaired) electrons. The Morgan fingerprint density at radius 2 is 1.81 bits per heavy atom. The number of aromatic nitrogens is 3. The Bertz CT molecular complexity index is 1130. The summed E-state index contributed by atoms with van der Waals surface area (Å²) < 4.78 is 93.3. The zero-order valence-electron chi connectivity index (χ0n) is 19.7. The number of fused-ring (bicyclic) bond motifs is 1.